The van der Waals surface area contributed by atoms with Crippen molar-refractivity contribution in [2.75, 3.05) is 23.3 Å². The van der Waals surface area contributed by atoms with Crippen LogP contribution in [-0.2, 0) is 4.74 Å². The first-order valence-corrected chi connectivity index (χ1v) is 10.9. The van der Waals surface area contributed by atoms with Gasteiger partial charge in [0.1, 0.15) is 5.03 Å². The van der Waals surface area contributed by atoms with Gasteiger partial charge in [-0.25, -0.2) is 4.98 Å². The van der Waals surface area contributed by atoms with E-state index >= 15 is 0 Å². The number of pyridine rings is 1. The van der Waals surface area contributed by atoms with Gasteiger partial charge in [0.15, 0.2) is 0 Å². The Hall–Kier alpha value is -2.83. The van der Waals surface area contributed by atoms with E-state index < -0.39 is 0 Å². The molecule has 5 nitrogen and oxygen atoms in total. The molecule has 0 saturated carbocycles. The second-order valence-electron chi connectivity index (χ2n) is 7.46. The molecule has 2 heterocycles. The van der Waals surface area contributed by atoms with E-state index in [1.165, 1.54) is 0 Å². The van der Waals surface area contributed by atoms with E-state index in [1.54, 1.807) is 18.0 Å². The van der Waals surface area contributed by atoms with E-state index in [2.05, 4.69) is 29.0 Å². The van der Waals surface area contributed by atoms with Gasteiger partial charge in [-0.1, -0.05) is 17.8 Å². The molecule has 1 aliphatic rings. The molecular formula is C24H25N3O2S. The lowest BCUT2D eigenvalue weighted by atomic mass is 10.1. The first kappa shape index (κ1) is 20.4. The molecule has 3 aromatic rings. The number of rotatable bonds is 5. The molecule has 154 valence electrons. The van der Waals surface area contributed by atoms with Crippen LogP contribution in [0.4, 0.5) is 11.4 Å². The standard InChI is InChI=1S/C24H25N3O2S/c1-17-15-27(16-18(2)29-17)21-10-8-20(9-11-21)26-24(28)19-6-12-22(13-7-19)30-23-5-3-4-14-25-23/h3-14,17-18H,15-16H2,1-2H3,(H,26,28). The fourth-order valence-electron chi connectivity index (χ4n) is 3.55. The molecule has 0 bridgehead atoms. The molecule has 4 rings (SSSR count). The number of aromatic nitrogens is 1. The number of benzene rings is 2. The average Bonchev–Trinajstić information content (AvgIpc) is 2.75. The second-order valence-corrected chi connectivity index (χ2v) is 8.55. The summed E-state index contributed by atoms with van der Waals surface area (Å²) in [7, 11) is 0. The van der Waals surface area contributed by atoms with Crippen molar-refractivity contribution in [2.24, 2.45) is 0 Å². The molecule has 1 fully saturated rings. The summed E-state index contributed by atoms with van der Waals surface area (Å²) in [6.07, 6.45) is 2.20. The number of morpholine rings is 1. The molecule has 2 aromatic carbocycles. The average molecular weight is 420 g/mol. The number of carbonyl (C=O) groups excluding carboxylic acids is 1. The molecule has 30 heavy (non-hydrogen) atoms. The SMILES string of the molecule is CC1CN(c2ccc(NC(=O)c3ccc(Sc4ccccn4)cc3)cc2)CC(C)O1. The van der Waals surface area contributed by atoms with Crippen molar-refractivity contribution in [2.45, 2.75) is 36.0 Å². The highest BCUT2D eigenvalue weighted by Crippen LogP contribution is 2.26. The summed E-state index contributed by atoms with van der Waals surface area (Å²) in [6, 6.07) is 21.4. The van der Waals surface area contributed by atoms with Gasteiger partial charge in [-0.15, -0.1) is 0 Å². The van der Waals surface area contributed by atoms with Crippen LogP contribution in [0.25, 0.3) is 0 Å². The Balaban J connectivity index is 1.36. The van der Waals surface area contributed by atoms with E-state index in [1.807, 2.05) is 66.7 Å². The normalized spacial score (nSPS) is 18.8. The Kier molecular flexibility index (Phi) is 6.35. The van der Waals surface area contributed by atoms with Gasteiger partial charge in [-0.3, -0.25) is 4.79 Å². The molecule has 6 heteroatoms. The summed E-state index contributed by atoms with van der Waals surface area (Å²) in [4.78, 5) is 20.3. The largest absolute Gasteiger partial charge is 0.372 e. The van der Waals surface area contributed by atoms with Crippen molar-refractivity contribution < 1.29 is 9.53 Å². The van der Waals surface area contributed by atoms with Crippen LogP contribution < -0.4 is 10.2 Å². The Labute approximate surface area is 181 Å². The lowest BCUT2D eigenvalue weighted by Gasteiger charge is -2.36. The van der Waals surface area contributed by atoms with E-state index in [0.717, 1.165) is 34.4 Å². The zero-order valence-electron chi connectivity index (χ0n) is 17.1. The lowest BCUT2D eigenvalue weighted by Crippen LogP contribution is -2.45. The number of nitrogens with one attached hydrogen (secondary N) is 1. The number of amides is 1. The molecule has 1 aromatic heterocycles. The molecule has 0 radical (unpaired) electrons. The van der Waals surface area contributed by atoms with Crippen molar-refractivity contribution in [3.63, 3.8) is 0 Å². The minimum atomic E-state index is -0.120. The van der Waals surface area contributed by atoms with E-state index in [0.29, 0.717) is 5.56 Å². The molecule has 1 saturated heterocycles. The second kappa shape index (κ2) is 9.32. The van der Waals surface area contributed by atoms with Crippen molar-refractivity contribution in [3.8, 4) is 0 Å². The summed E-state index contributed by atoms with van der Waals surface area (Å²) in [6.45, 7) is 5.94. The van der Waals surface area contributed by atoms with Crippen LogP contribution in [0.3, 0.4) is 0 Å². The Morgan fingerprint density at radius 1 is 1.00 bits per heavy atom. The topological polar surface area (TPSA) is 54.5 Å². The predicted octanol–water partition coefficient (Wildman–Crippen LogP) is 5.10. The monoisotopic (exact) mass is 419 g/mol. The third-order valence-corrected chi connectivity index (χ3v) is 5.85. The van der Waals surface area contributed by atoms with Crippen molar-refractivity contribution >= 4 is 29.0 Å². The summed E-state index contributed by atoms with van der Waals surface area (Å²) in [5.74, 6) is -0.120. The zero-order chi connectivity index (χ0) is 20.9. The van der Waals surface area contributed by atoms with Gasteiger partial charge in [-0.05, 0) is 74.5 Å². The predicted molar refractivity (Wildman–Crippen MR) is 121 cm³/mol. The Morgan fingerprint density at radius 3 is 2.33 bits per heavy atom. The third-order valence-electron chi connectivity index (χ3n) is 4.89. The first-order chi connectivity index (χ1) is 14.6. The maximum Gasteiger partial charge on any atom is 0.255 e. The summed E-state index contributed by atoms with van der Waals surface area (Å²) < 4.78 is 5.80. The minimum Gasteiger partial charge on any atom is -0.372 e. The number of nitrogens with zero attached hydrogens (tertiary/aromatic N) is 2. The van der Waals surface area contributed by atoms with Crippen LogP contribution in [0.5, 0.6) is 0 Å². The Morgan fingerprint density at radius 2 is 1.70 bits per heavy atom. The number of carbonyl (C=O) groups is 1. The van der Waals surface area contributed by atoms with Crippen LogP contribution in [0.2, 0.25) is 0 Å². The van der Waals surface area contributed by atoms with Crippen LogP contribution in [0.15, 0.2) is 82.8 Å². The smallest absolute Gasteiger partial charge is 0.255 e. The number of ether oxygens (including phenoxy) is 1. The van der Waals surface area contributed by atoms with E-state index in [9.17, 15) is 4.79 Å². The highest BCUT2D eigenvalue weighted by atomic mass is 32.2. The molecule has 0 aliphatic carbocycles. The van der Waals surface area contributed by atoms with Crippen molar-refractivity contribution in [1.29, 1.82) is 0 Å². The lowest BCUT2D eigenvalue weighted by molar-refractivity contribution is -0.00521. The van der Waals surface area contributed by atoms with Gasteiger partial charge in [-0.2, -0.15) is 0 Å². The molecule has 2 atom stereocenters. The van der Waals surface area contributed by atoms with Crippen LogP contribution in [0.1, 0.15) is 24.2 Å². The highest BCUT2D eigenvalue weighted by molar-refractivity contribution is 7.99. The van der Waals surface area contributed by atoms with Gasteiger partial charge in [0.05, 0.1) is 12.2 Å². The maximum absolute atomic E-state index is 12.6. The van der Waals surface area contributed by atoms with Crippen LogP contribution >= 0.6 is 11.8 Å². The Bertz CT molecular complexity index is 968. The van der Waals surface area contributed by atoms with Crippen molar-refractivity contribution in [3.05, 3.63) is 78.5 Å². The maximum atomic E-state index is 12.6. The van der Waals surface area contributed by atoms with Crippen LogP contribution in [0, 0.1) is 0 Å². The number of hydrogen-bond donors (Lipinski definition) is 1. The van der Waals surface area contributed by atoms with Gasteiger partial charge >= 0.3 is 0 Å². The number of anilines is 2. The van der Waals surface area contributed by atoms with Crippen molar-refractivity contribution in [1.82, 2.24) is 4.98 Å². The minimum absolute atomic E-state index is 0.120. The first-order valence-electron chi connectivity index (χ1n) is 10.1. The molecule has 1 amide bonds. The molecule has 2 unspecified atom stereocenters. The zero-order valence-corrected chi connectivity index (χ0v) is 17.9. The number of hydrogen-bond acceptors (Lipinski definition) is 5. The van der Waals surface area contributed by atoms with Crippen LogP contribution in [-0.4, -0.2) is 36.2 Å². The quantitative estimate of drug-likeness (QED) is 0.624. The summed E-state index contributed by atoms with van der Waals surface area (Å²) >= 11 is 1.57. The third kappa shape index (κ3) is 5.20. The molecule has 0 spiro atoms. The van der Waals surface area contributed by atoms with E-state index in [-0.39, 0.29) is 18.1 Å². The van der Waals surface area contributed by atoms with E-state index in [4.69, 9.17) is 4.74 Å². The highest BCUT2D eigenvalue weighted by Gasteiger charge is 2.22. The molecule has 1 aliphatic heterocycles. The van der Waals surface area contributed by atoms with Gasteiger partial charge in [0.2, 0.25) is 0 Å². The fraction of sp³-hybridized carbons (Fsp3) is 0.250. The summed E-state index contributed by atoms with van der Waals surface area (Å²) in [5.41, 5.74) is 2.55. The molecular weight excluding hydrogens is 394 g/mol. The van der Waals surface area contributed by atoms with Gasteiger partial charge in [0.25, 0.3) is 5.91 Å². The van der Waals surface area contributed by atoms with Gasteiger partial charge < -0.3 is 15.0 Å². The summed E-state index contributed by atoms with van der Waals surface area (Å²) in [5, 5.41) is 3.90. The van der Waals surface area contributed by atoms with Gasteiger partial charge in [0, 0.05) is 41.1 Å². The molecule has 1 N–H and O–H groups in total. The fourth-order valence-corrected chi connectivity index (χ4v) is 4.32.